The van der Waals surface area contributed by atoms with Crippen molar-refractivity contribution in [3.05, 3.63) is 48.3 Å². The van der Waals surface area contributed by atoms with E-state index in [1.54, 1.807) is 19.5 Å². The highest BCUT2D eigenvalue weighted by molar-refractivity contribution is 5.79. The average Bonchev–Trinajstić information content (AvgIpc) is 3.13. The van der Waals surface area contributed by atoms with Gasteiger partial charge < -0.3 is 19.6 Å². The van der Waals surface area contributed by atoms with Crippen LogP contribution in [0, 0.1) is 11.3 Å². The van der Waals surface area contributed by atoms with Gasteiger partial charge in [0.25, 0.3) is 0 Å². The molecule has 0 bridgehead atoms. The zero-order chi connectivity index (χ0) is 20.3. The first-order valence-corrected chi connectivity index (χ1v) is 10.2. The van der Waals surface area contributed by atoms with Crippen LogP contribution < -0.4 is 9.64 Å². The molecule has 29 heavy (non-hydrogen) atoms. The molecule has 1 aromatic carbocycles. The third kappa shape index (κ3) is 4.05. The van der Waals surface area contributed by atoms with Gasteiger partial charge >= 0.3 is 0 Å². The highest BCUT2D eigenvalue weighted by Crippen LogP contribution is 2.45. The van der Waals surface area contributed by atoms with E-state index < -0.39 is 0 Å². The molecule has 0 radical (unpaired) electrons. The lowest BCUT2D eigenvalue weighted by Crippen LogP contribution is -2.47. The summed E-state index contributed by atoms with van der Waals surface area (Å²) in [6.07, 6.45) is 5.71. The van der Waals surface area contributed by atoms with E-state index in [4.69, 9.17) is 4.74 Å². The minimum absolute atomic E-state index is 0.0187. The predicted octanol–water partition coefficient (Wildman–Crippen LogP) is 1.77. The summed E-state index contributed by atoms with van der Waals surface area (Å²) in [5.41, 5.74) is 1.02. The fourth-order valence-electron chi connectivity index (χ4n) is 4.69. The van der Waals surface area contributed by atoms with Crippen molar-refractivity contribution >= 4 is 11.9 Å². The van der Waals surface area contributed by atoms with Crippen LogP contribution in [0.2, 0.25) is 0 Å². The van der Waals surface area contributed by atoms with Gasteiger partial charge in [-0.2, -0.15) is 0 Å². The summed E-state index contributed by atoms with van der Waals surface area (Å²) < 4.78 is 5.18. The Morgan fingerprint density at radius 3 is 2.52 bits per heavy atom. The Morgan fingerprint density at radius 1 is 1.21 bits per heavy atom. The van der Waals surface area contributed by atoms with Crippen LogP contribution in [0.15, 0.2) is 42.7 Å². The molecule has 2 aromatic rings. The largest absolute Gasteiger partial charge is 0.497 e. The molecule has 1 spiro atoms. The number of aliphatic hydroxyl groups excluding tert-OH is 1. The summed E-state index contributed by atoms with van der Waals surface area (Å²) in [5.74, 6) is 1.86. The zero-order valence-electron chi connectivity index (χ0n) is 16.8. The maximum Gasteiger partial charge on any atom is 0.226 e. The lowest BCUT2D eigenvalue weighted by Gasteiger charge is -2.42. The molecule has 1 unspecified atom stereocenters. The number of carbonyl (C=O) groups excluding carboxylic acids is 1. The summed E-state index contributed by atoms with van der Waals surface area (Å²) in [6, 6.07) is 9.47. The van der Waals surface area contributed by atoms with E-state index in [1.165, 1.54) is 0 Å². The number of rotatable bonds is 5. The van der Waals surface area contributed by atoms with Crippen LogP contribution in [-0.2, 0) is 11.2 Å². The third-order valence-corrected chi connectivity index (χ3v) is 6.49. The van der Waals surface area contributed by atoms with Gasteiger partial charge in [0.05, 0.1) is 13.5 Å². The molecule has 0 aliphatic carbocycles. The van der Waals surface area contributed by atoms with Gasteiger partial charge in [-0.3, -0.25) is 4.79 Å². The molecule has 154 valence electrons. The molecule has 7 nitrogen and oxygen atoms in total. The number of aromatic nitrogens is 2. The maximum atomic E-state index is 12.8. The highest BCUT2D eigenvalue weighted by Gasteiger charge is 2.48. The number of anilines is 1. The number of piperidine rings is 1. The van der Waals surface area contributed by atoms with E-state index in [0.29, 0.717) is 6.42 Å². The fraction of sp³-hybridized carbons (Fsp3) is 0.500. The Balaban J connectivity index is 1.37. The van der Waals surface area contributed by atoms with Crippen molar-refractivity contribution in [3.8, 4) is 5.75 Å². The first-order valence-electron chi connectivity index (χ1n) is 10.2. The lowest BCUT2D eigenvalue weighted by atomic mass is 9.71. The SMILES string of the molecule is COc1ccc(CC(=O)N2CCC3(CC2)CN(c2ncccn2)CC3CO)cc1. The quantitative estimate of drug-likeness (QED) is 0.830. The number of ether oxygens (including phenoxy) is 1. The van der Waals surface area contributed by atoms with Gasteiger partial charge in [0, 0.05) is 51.1 Å². The van der Waals surface area contributed by atoms with Crippen LogP contribution in [0.4, 0.5) is 5.95 Å². The lowest BCUT2D eigenvalue weighted by molar-refractivity contribution is -0.133. The van der Waals surface area contributed by atoms with Crippen LogP contribution in [0.5, 0.6) is 5.75 Å². The van der Waals surface area contributed by atoms with Gasteiger partial charge in [0.2, 0.25) is 11.9 Å². The van der Waals surface area contributed by atoms with Gasteiger partial charge in [0.15, 0.2) is 0 Å². The summed E-state index contributed by atoms with van der Waals surface area (Å²) >= 11 is 0. The molecule has 1 N–H and O–H groups in total. The first-order chi connectivity index (χ1) is 14.1. The van der Waals surface area contributed by atoms with Gasteiger partial charge in [-0.05, 0) is 42.0 Å². The number of hydrogen-bond donors (Lipinski definition) is 1. The van der Waals surface area contributed by atoms with Crippen molar-refractivity contribution < 1.29 is 14.6 Å². The van der Waals surface area contributed by atoms with E-state index in [2.05, 4.69) is 14.9 Å². The number of likely N-dealkylation sites (tertiary alicyclic amines) is 1. The van der Waals surface area contributed by atoms with E-state index in [0.717, 1.165) is 56.3 Å². The van der Waals surface area contributed by atoms with E-state index in [9.17, 15) is 9.90 Å². The molecule has 1 atom stereocenters. The minimum Gasteiger partial charge on any atom is -0.497 e. The van der Waals surface area contributed by atoms with E-state index in [-0.39, 0.29) is 23.8 Å². The monoisotopic (exact) mass is 396 g/mol. The van der Waals surface area contributed by atoms with Gasteiger partial charge in [-0.15, -0.1) is 0 Å². The molecule has 1 aromatic heterocycles. The molecule has 7 heteroatoms. The molecular formula is C22H28N4O3. The molecule has 2 saturated heterocycles. The van der Waals surface area contributed by atoms with Crippen molar-refractivity contribution in [2.24, 2.45) is 11.3 Å². The van der Waals surface area contributed by atoms with E-state index >= 15 is 0 Å². The van der Waals surface area contributed by atoms with Crippen molar-refractivity contribution in [2.45, 2.75) is 19.3 Å². The van der Waals surface area contributed by atoms with Crippen LogP contribution in [0.1, 0.15) is 18.4 Å². The van der Waals surface area contributed by atoms with E-state index in [1.807, 2.05) is 35.2 Å². The Kier molecular flexibility index (Phi) is 5.67. The summed E-state index contributed by atoms with van der Waals surface area (Å²) in [5, 5.41) is 10.0. The zero-order valence-corrected chi connectivity index (χ0v) is 16.8. The second kappa shape index (κ2) is 8.37. The molecule has 3 heterocycles. The average molecular weight is 396 g/mol. The minimum atomic E-state index is 0.0187. The number of nitrogens with zero attached hydrogens (tertiary/aromatic N) is 4. The molecule has 4 rings (SSSR count). The van der Waals surface area contributed by atoms with Crippen LogP contribution in [-0.4, -0.2) is 65.8 Å². The summed E-state index contributed by atoms with van der Waals surface area (Å²) in [4.78, 5) is 25.7. The predicted molar refractivity (Wildman–Crippen MR) is 110 cm³/mol. The van der Waals surface area contributed by atoms with Gasteiger partial charge in [0.1, 0.15) is 5.75 Å². The molecule has 1 amide bonds. The van der Waals surface area contributed by atoms with Gasteiger partial charge in [-0.1, -0.05) is 12.1 Å². The molecule has 2 fully saturated rings. The number of hydrogen-bond acceptors (Lipinski definition) is 6. The standard InChI is InChI=1S/C22H28N4O3/c1-29-19-5-3-17(4-6-19)13-20(28)25-11-7-22(8-12-25)16-26(14-18(22)15-27)21-23-9-2-10-24-21/h2-6,9-10,18,27H,7-8,11-16H2,1H3. The topological polar surface area (TPSA) is 78.8 Å². The van der Waals surface area contributed by atoms with Crippen molar-refractivity contribution in [3.63, 3.8) is 0 Å². The second-order valence-corrected chi connectivity index (χ2v) is 8.08. The highest BCUT2D eigenvalue weighted by atomic mass is 16.5. The van der Waals surface area contributed by atoms with Crippen LogP contribution in [0.3, 0.4) is 0 Å². The number of carbonyl (C=O) groups is 1. The fourth-order valence-corrected chi connectivity index (χ4v) is 4.69. The number of benzene rings is 1. The van der Waals surface area contributed by atoms with Crippen LogP contribution in [0.25, 0.3) is 0 Å². The molecule has 2 aliphatic rings. The third-order valence-electron chi connectivity index (χ3n) is 6.49. The Hall–Kier alpha value is -2.67. The van der Waals surface area contributed by atoms with Gasteiger partial charge in [-0.25, -0.2) is 9.97 Å². The van der Waals surface area contributed by atoms with Crippen molar-refractivity contribution in [1.82, 2.24) is 14.9 Å². The van der Waals surface area contributed by atoms with Crippen molar-refractivity contribution in [2.75, 3.05) is 44.8 Å². The number of aliphatic hydroxyl groups is 1. The Labute approximate surface area is 171 Å². The number of methoxy groups -OCH3 is 1. The smallest absolute Gasteiger partial charge is 0.226 e. The molecular weight excluding hydrogens is 368 g/mol. The second-order valence-electron chi connectivity index (χ2n) is 8.08. The number of amides is 1. The normalized spacial score (nSPS) is 20.8. The van der Waals surface area contributed by atoms with Crippen molar-refractivity contribution in [1.29, 1.82) is 0 Å². The molecule has 2 aliphatic heterocycles. The Bertz CT molecular complexity index is 820. The molecule has 0 saturated carbocycles. The first kappa shape index (κ1) is 19.6. The summed E-state index contributed by atoms with van der Waals surface area (Å²) in [7, 11) is 1.64. The Morgan fingerprint density at radius 2 is 1.90 bits per heavy atom. The maximum absolute atomic E-state index is 12.8. The summed E-state index contributed by atoms with van der Waals surface area (Å²) in [6.45, 7) is 3.22. The van der Waals surface area contributed by atoms with Crippen LogP contribution >= 0.6 is 0 Å².